The summed E-state index contributed by atoms with van der Waals surface area (Å²) >= 11 is 3.44. The zero-order valence-electron chi connectivity index (χ0n) is 9.39. The van der Waals surface area contributed by atoms with Crippen LogP contribution < -0.4 is 0 Å². The number of carbonyl (C=O) groups is 1. The molecule has 0 unspecified atom stereocenters. The summed E-state index contributed by atoms with van der Waals surface area (Å²) in [5.74, 6) is 0.370. The fourth-order valence-electron chi connectivity index (χ4n) is 2.07. The smallest absolute Gasteiger partial charge is 0.186 e. The van der Waals surface area contributed by atoms with Gasteiger partial charge in [-0.05, 0) is 23.8 Å². The molecule has 0 fully saturated rings. The Labute approximate surface area is 112 Å². The predicted octanol–water partition coefficient (Wildman–Crippen LogP) is 4.67. The molecule has 2 nitrogen and oxygen atoms in total. The molecule has 3 aromatic rings. The zero-order valence-corrected chi connectivity index (χ0v) is 11.0. The lowest BCUT2D eigenvalue weighted by molar-refractivity contribution is 0.110. The lowest BCUT2D eigenvalue weighted by atomic mass is 10.0. The summed E-state index contributed by atoms with van der Waals surface area (Å²) in [5, 5.41) is 0.942. The van der Waals surface area contributed by atoms with Crippen molar-refractivity contribution in [1.82, 2.24) is 0 Å². The Balaban J connectivity index is 2.38. The van der Waals surface area contributed by atoms with Crippen LogP contribution in [-0.2, 0) is 0 Å². The summed E-state index contributed by atoms with van der Waals surface area (Å²) in [6, 6.07) is 15.5. The molecule has 0 aliphatic rings. The minimum atomic E-state index is 0.370. The van der Waals surface area contributed by atoms with Crippen LogP contribution in [0.4, 0.5) is 0 Å². The summed E-state index contributed by atoms with van der Waals surface area (Å²) in [6.45, 7) is 0. The molecule has 0 bridgehead atoms. The highest BCUT2D eigenvalue weighted by atomic mass is 79.9. The lowest BCUT2D eigenvalue weighted by Gasteiger charge is -1.99. The minimum absolute atomic E-state index is 0.370. The largest absolute Gasteiger partial charge is 0.453 e. The Morgan fingerprint density at radius 2 is 1.83 bits per heavy atom. The van der Waals surface area contributed by atoms with E-state index in [4.69, 9.17) is 4.42 Å². The second kappa shape index (κ2) is 4.42. The molecule has 88 valence electrons. The molecule has 0 saturated carbocycles. The summed E-state index contributed by atoms with van der Waals surface area (Å²) in [4.78, 5) is 11.1. The standard InChI is InChI=1S/C15H9BrO2/c16-11-6-7-13-12(8-11)15(14(9-17)18-13)10-4-2-1-3-5-10/h1-9H. The number of hydrogen-bond acceptors (Lipinski definition) is 2. The molecular formula is C15H9BrO2. The Kier molecular flexibility index (Phi) is 2.76. The summed E-state index contributed by atoms with van der Waals surface area (Å²) in [5.41, 5.74) is 2.55. The Morgan fingerprint density at radius 3 is 2.56 bits per heavy atom. The third-order valence-electron chi connectivity index (χ3n) is 2.85. The van der Waals surface area contributed by atoms with E-state index in [1.165, 1.54) is 0 Å². The van der Waals surface area contributed by atoms with Crippen LogP contribution >= 0.6 is 15.9 Å². The predicted molar refractivity (Wildman–Crippen MR) is 74.7 cm³/mol. The average molecular weight is 301 g/mol. The lowest BCUT2D eigenvalue weighted by Crippen LogP contribution is -1.81. The average Bonchev–Trinajstić information content (AvgIpc) is 2.77. The van der Waals surface area contributed by atoms with E-state index >= 15 is 0 Å². The zero-order chi connectivity index (χ0) is 12.5. The maximum atomic E-state index is 11.1. The van der Waals surface area contributed by atoms with E-state index in [0.29, 0.717) is 5.76 Å². The van der Waals surface area contributed by atoms with Gasteiger partial charge in [-0.15, -0.1) is 0 Å². The second-order valence-electron chi connectivity index (χ2n) is 3.97. The van der Waals surface area contributed by atoms with E-state index in [9.17, 15) is 4.79 Å². The van der Waals surface area contributed by atoms with Gasteiger partial charge in [0, 0.05) is 15.4 Å². The van der Waals surface area contributed by atoms with E-state index in [-0.39, 0.29) is 0 Å². The number of furan rings is 1. The van der Waals surface area contributed by atoms with Crippen molar-refractivity contribution in [1.29, 1.82) is 0 Å². The molecule has 0 spiro atoms. The quantitative estimate of drug-likeness (QED) is 0.644. The summed E-state index contributed by atoms with van der Waals surface area (Å²) in [7, 11) is 0. The molecule has 3 rings (SSSR count). The topological polar surface area (TPSA) is 30.2 Å². The van der Waals surface area contributed by atoms with Gasteiger partial charge in [0.05, 0.1) is 0 Å². The van der Waals surface area contributed by atoms with E-state index in [0.717, 1.165) is 32.9 Å². The van der Waals surface area contributed by atoms with Crippen molar-refractivity contribution < 1.29 is 9.21 Å². The number of carbonyl (C=O) groups excluding carboxylic acids is 1. The van der Waals surface area contributed by atoms with Crippen molar-refractivity contribution in [2.45, 2.75) is 0 Å². The molecule has 3 heteroatoms. The molecule has 2 aromatic carbocycles. The van der Waals surface area contributed by atoms with Gasteiger partial charge in [-0.3, -0.25) is 4.79 Å². The Morgan fingerprint density at radius 1 is 1.06 bits per heavy atom. The van der Waals surface area contributed by atoms with Crippen LogP contribution in [0, 0.1) is 0 Å². The first-order valence-corrected chi connectivity index (χ1v) is 6.31. The van der Waals surface area contributed by atoms with Crippen LogP contribution in [-0.4, -0.2) is 6.29 Å². The van der Waals surface area contributed by atoms with Crippen molar-refractivity contribution in [3.05, 3.63) is 58.8 Å². The SMILES string of the molecule is O=Cc1oc2ccc(Br)cc2c1-c1ccccc1. The number of aldehydes is 1. The van der Waals surface area contributed by atoms with Crippen molar-refractivity contribution in [3.8, 4) is 11.1 Å². The normalized spacial score (nSPS) is 10.7. The number of halogens is 1. The van der Waals surface area contributed by atoms with Crippen LogP contribution in [0.15, 0.2) is 57.4 Å². The number of rotatable bonds is 2. The van der Waals surface area contributed by atoms with Gasteiger partial charge >= 0.3 is 0 Å². The van der Waals surface area contributed by atoms with Crippen LogP contribution in [0.5, 0.6) is 0 Å². The van der Waals surface area contributed by atoms with Crippen LogP contribution in [0.3, 0.4) is 0 Å². The molecule has 0 amide bonds. The van der Waals surface area contributed by atoms with E-state index < -0.39 is 0 Å². The highest BCUT2D eigenvalue weighted by Crippen LogP contribution is 2.35. The van der Waals surface area contributed by atoms with Gasteiger partial charge in [0.15, 0.2) is 12.0 Å². The Bertz CT molecular complexity index is 714. The van der Waals surface area contributed by atoms with Gasteiger partial charge in [-0.2, -0.15) is 0 Å². The number of hydrogen-bond donors (Lipinski definition) is 0. The highest BCUT2D eigenvalue weighted by molar-refractivity contribution is 9.10. The highest BCUT2D eigenvalue weighted by Gasteiger charge is 2.15. The van der Waals surface area contributed by atoms with Crippen LogP contribution in [0.1, 0.15) is 10.6 Å². The maximum Gasteiger partial charge on any atom is 0.186 e. The van der Waals surface area contributed by atoms with E-state index in [1.54, 1.807) is 0 Å². The van der Waals surface area contributed by atoms with E-state index in [2.05, 4.69) is 15.9 Å². The van der Waals surface area contributed by atoms with Crippen molar-refractivity contribution in [2.24, 2.45) is 0 Å². The van der Waals surface area contributed by atoms with Gasteiger partial charge in [0.2, 0.25) is 0 Å². The maximum absolute atomic E-state index is 11.1. The third kappa shape index (κ3) is 1.77. The monoisotopic (exact) mass is 300 g/mol. The van der Waals surface area contributed by atoms with Crippen LogP contribution in [0.25, 0.3) is 22.1 Å². The molecule has 1 heterocycles. The van der Waals surface area contributed by atoms with Gasteiger partial charge in [-0.25, -0.2) is 0 Å². The fraction of sp³-hybridized carbons (Fsp3) is 0. The molecule has 0 radical (unpaired) electrons. The molecule has 0 saturated heterocycles. The first-order chi connectivity index (χ1) is 8.79. The Hall–Kier alpha value is -1.87. The van der Waals surface area contributed by atoms with Crippen LogP contribution in [0.2, 0.25) is 0 Å². The molecule has 18 heavy (non-hydrogen) atoms. The molecule has 0 atom stereocenters. The number of fused-ring (bicyclic) bond motifs is 1. The van der Waals surface area contributed by atoms with E-state index in [1.807, 2.05) is 48.5 Å². The van der Waals surface area contributed by atoms with Crippen molar-refractivity contribution >= 4 is 33.2 Å². The van der Waals surface area contributed by atoms with Gasteiger partial charge in [0.25, 0.3) is 0 Å². The number of benzene rings is 2. The molecule has 1 aromatic heterocycles. The second-order valence-corrected chi connectivity index (χ2v) is 4.88. The molecule has 0 N–H and O–H groups in total. The summed E-state index contributed by atoms with van der Waals surface area (Å²) in [6.07, 6.45) is 0.760. The van der Waals surface area contributed by atoms with Crippen molar-refractivity contribution in [3.63, 3.8) is 0 Å². The van der Waals surface area contributed by atoms with Gasteiger partial charge in [-0.1, -0.05) is 46.3 Å². The first kappa shape index (κ1) is 11.2. The molecule has 0 aliphatic heterocycles. The summed E-state index contributed by atoms with van der Waals surface area (Å²) < 4.78 is 6.53. The van der Waals surface area contributed by atoms with Crippen molar-refractivity contribution in [2.75, 3.05) is 0 Å². The molecule has 0 aliphatic carbocycles. The minimum Gasteiger partial charge on any atom is -0.453 e. The molecular weight excluding hydrogens is 292 g/mol. The third-order valence-corrected chi connectivity index (χ3v) is 3.34. The fourth-order valence-corrected chi connectivity index (χ4v) is 2.44. The van der Waals surface area contributed by atoms with Gasteiger partial charge in [0.1, 0.15) is 5.58 Å². The van der Waals surface area contributed by atoms with Gasteiger partial charge < -0.3 is 4.42 Å². The first-order valence-electron chi connectivity index (χ1n) is 5.52.